The Morgan fingerprint density at radius 1 is 1.12 bits per heavy atom. The van der Waals surface area contributed by atoms with Crippen molar-refractivity contribution in [2.75, 3.05) is 0 Å². The second kappa shape index (κ2) is 6.50. The number of furan rings is 1. The molecule has 0 bridgehead atoms. The maximum Gasteiger partial charge on any atom is 0.452 e. The zero-order valence-corrected chi connectivity index (χ0v) is 13.6. The van der Waals surface area contributed by atoms with E-state index in [1.165, 1.54) is 30.3 Å². The van der Waals surface area contributed by atoms with Crippen LogP contribution in [0.4, 0.5) is 13.2 Å². The number of nitrogens with one attached hydrogen (secondary N) is 1. The Morgan fingerprint density at radius 3 is 2.42 bits per heavy atom. The van der Waals surface area contributed by atoms with E-state index in [0.29, 0.717) is 11.6 Å². The van der Waals surface area contributed by atoms with E-state index >= 15 is 0 Å². The predicted molar refractivity (Wildman–Crippen MR) is 81.3 cm³/mol. The third kappa shape index (κ3) is 3.89. The molecule has 0 atom stereocenters. The summed E-state index contributed by atoms with van der Waals surface area (Å²) in [5.74, 6) is -1.47. The Bertz CT molecular complexity index is 1010. The van der Waals surface area contributed by atoms with Crippen molar-refractivity contribution in [3.8, 4) is 17.2 Å². The second-order valence-electron chi connectivity index (χ2n) is 5.18. The molecule has 0 amide bonds. The highest BCUT2D eigenvalue weighted by atomic mass is 32.2. The third-order valence-corrected chi connectivity index (χ3v) is 4.56. The summed E-state index contributed by atoms with van der Waals surface area (Å²) in [5, 5.41) is 11.9. The number of nitrogens with zero attached hydrogens (tertiary/aromatic N) is 1. The molecule has 0 aliphatic heterocycles. The Morgan fingerprint density at radius 2 is 1.81 bits per heavy atom. The van der Waals surface area contributed by atoms with Crippen molar-refractivity contribution in [1.29, 1.82) is 0 Å². The van der Waals surface area contributed by atoms with E-state index < -0.39 is 27.1 Å². The smallest absolute Gasteiger partial charge is 0.452 e. The Hall–Kier alpha value is -2.79. The highest BCUT2D eigenvalue weighted by Gasteiger charge is 2.36. The van der Waals surface area contributed by atoms with E-state index in [1.807, 2.05) is 0 Å². The number of phenolic OH excluding ortho intramolecular Hbond substituents is 1. The third-order valence-electron chi connectivity index (χ3n) is 3.29. The van der Waals surface area contributed by atoms with Crippen molar-refractivity contribution < 1.29 is 35.6 Å². The molecule has 11 heteroatoms. The fourth-order valence-corrected chi connectivity index (χ4v) is 2.94. The largest absolute Gasteiger partial charge is 0.508 e. The van der Waals surface area contributed by atoms with Gasteiger partial charge in [0.25, 0.3) is 10.0 Å². The number of aromatic nitrogens is 1. The van der Waals surface area contributed by atoms with Crippen molar-refractivity contribution in [3.63, 3.8) is 0 Å². The molecule has 138 valence electrons. The predicted octanol–water partition coefficient (Wildman–Crippen LogP) is 3.14. The summed E-state index contributed by atoms with van der Waals surface area (Å²) in [7, 11) is -4.04. The van der Waals surface area contributed by atoms with Gasteiger partial charge in [0.1, 0.15) is 11.4 Å². The monoisotopic (exact) mass is 388 g/mol. The summed E-state index contributed by atoms with van der Waals surface area (Å²) in [6.07, 6.45) is -4.71. The number of hydrogen-bond acceptors (Lipinski definition) is 6. The fraction of sp³-hybridized carbons (Fsp3) is 0.133. The molecule has 0 spiro atoms. The van der Waals surface area contributed by atoms with E-state index in [4.69, 9.17) is 4.42 Å². The molecule has 2 aromatic heterocycles. The first kappa shape index (κ1) is 18.0. The number of rotatable bonds is 5. The van der Waals surface area contributed by atoms with Crippen LogP contribution < -0.4 is 4.72 Å². The number of hydrogen-bond donors (Lipinski definition) is 2. The van der Waals surface area contributed by atoms with Crippen LogP contribution in [0.15, 0.2) is 56.5 Å². The van der Waals surface area contributed by atoms with Crippen LogP contribution in [0.2, 0.25) is 0 Å². The summed E-state index contributed by atoms with van der Waals surface area (Å²) in [6.45, 7) is -0.0686. The van der Waals surface area contributed by atoms with E-state index in [-0.39, 0.29) is 23.7 Å². The molecule has 0 fully saturated rings. The van der Waals surface area contributed by atoms with Gasteiger partial charge >= 0.3 is 6.18 Å². The van der Waals surface area contributed by atoms with Gasteiger partial charge in [-0.1, -0.05) is 17.3 Å². The molecule has 0 saturated carbocycles. The number of sulfonamides is 1. The molecule has 2 heterocycles. The zero-order chi connectivity index (χ0) is 18.9. The maximum absolute atomic E-state index is 12.5. The van der Waals surface area contributed by atoms with Crippen LogP contribution in [-0.4, -0.2) is 18.7 Å². The molecule has 0 radical (unpaired) electrons. The molecule has 3 aromatic rings. The average molecular weight is 388 g/mol. The molecular formula is C15H11F3N2O5S. The van der Waals surface area contributed by atoms with Gasteiger partial charge in [-0.05, 0) is 29.8 Å². The van der Waals surface area contributed by atoms with Gasteiger partial charge in [-0.2, -0.15) is 13.2 Å². The van der Waals surface area contributed by atoms with Gasteiger partial charge < -0.3 is 14.0 Å². The molecule has 0 unspecified atom stereocenters. The highest BCUT2D eigenvalue weighted by Crippen LogP contribution is 2.33. The van der Waals surface area contributed by atoms with E-state index in [1.54, 1.807) is 0 Å². The van der Waals surface area contributed by atoms with Crippen LogP contribution in [0, 0.1) is 0 Å². The zero-order valence-electron chi connectivity index (χ0n) is 12.8. The van der Waals surface area contributed by atoms with E-state index in [0.717, 1.165) is 6.07 Å². The van der Waals surface area contributed by atoms with Gasteiger partial charge in [0, 0.05) is 12.6 Å². The number of phenols is 1. The summed E-state index contributed by atoms with van der Waals surface area (Å²) in [6, 6.07) is 8.73. The van der Waals surface area contributed by atoms with Crippen LogP contribution in [0.5, 0.6) is 5.75 Å². The van der Waals surface area contributed by atoms with Crippen LogP contribution in [0.25, 0.3) is 11.5 Å². The number of halogens is 3. The Labute approximate surface area is 145 Å². The number of aromatic hydroxyl groups is 1. The Balaban J connectivity index is 1.75. The Kier molecular flexibility index (Phi) is 4.50. The van der Waals surface area contributed by atoms with E-state index in [2.05, 4.69) is 14.4 Å². The van der Waals surface area contributed by atoms with Crippen molar-refractivity contribution in [2.45, 2.75) is 17.8 Å². The molecule has 0 aliphatic carbocycles. The lowest BCUT2D eigenvalue weighted by Crippen LogP contribution is -2.22. The lowest BCUT2D eigenvalue weighted by atomic mass is 10.2. The van der Waals surface area contributed by atoms with Crippen LogP contribution in [-0.2, 0) is 22.7 Å². The van der Waals surface area contributed by atoms with Crippen molar-refractivity contribution in [2.24, 2.45) is 0 Å². The van der Waals surface area contributed by atoms with Crippen LogP contribution in [0.3, 0.4) is 0 Å². The van der Waals surface area contributed by atoms with Gasteiger partial charge in [0.2, 0.25) is 10.9 Å². The molecule has 26 heavy (non-hydrogen) atoms. The van der Waals surface area contributed by atoms with Crippen LogP contribution in [0.1, 0.15) is 11.3 Å². The van der Waals surface area contributed by atoms with Gasteiger partial charge in [-0.25, -0.2) is 13.1 Å². The quantitative estimate of drug-likeness (QED) is 0.696. The van der Waals surface area contributed by atoms with Gasteiger partial charge in [-0.3, -0.25) is 0 Å². The SMILES string of the molecule is O=S(=O)(NCc1ccc(O)cc1)c1ccc(-c2cc(C(F)(F)F)on2)o1. The first-order valence-corrected chi connectivity index (χ1v) is 8.55. The summed E-state index contributed by atoms with van der Waals surface area (Å²) >= 11 is 0. The first-order valence-electron chi connectivity index (χ1n) is 7.07. The molecule has 0 aliphatic rings. The van der Waals surface area contributed by atoms with Crippen molar-refractivity contribution in [1.82, 2.24) is 9.88 Å². The summed E-state index contributed by atoms with van der Waals surface area (Å²) in [5.41, 5.74) is 0.307. The maximum atomic E-state index is 12.5. The molecule has 7 nitrogen and oxygen atoms in total. The van der Waals surface area contributed by atoms with Gasteiger partial charge in [0.15, 0.2) is 5.76 Å². The average Bonchev–Trinajstić information content (AvgIpc) is 3.23. The topological polar surface area (TPSA) is 106 Å². The summed E-state index contributed by atoms with van der Waals surface area (Å²) in [4.78, 5) is 0. The van der Waals surface area contributed by atoms with Crippen molar-refractivity contribution in [3.05, 3.63) is 53.8 Å². The minimum atomic E-state index is -4.71. The minimum Gasteiger partial charge on any atom is -0.508 e. The normalized spacial score (nSPS) is 12.4. The molecule has 3 rings (SSSR count). The number of benzene rings is 1. The molecule has 0 saturated heterocycles. The lowest BCUT2D eigenvalue weighted by molar-refractivity contribution is -0.155. The fourth-order valence-electron chi connectivity index (χ4n) is 1.99. The van der Waals surface area contributed by atoms with Crippen LogP contribution >= 0.6 is 0 Å². The van der Waals surface area contributed by atoms with Gasteiger partial charge in [0.05, 0.1) is 0 Å². The van der Waals surface area contributed by atoms with Crippen molar-refractivity contribution >= 4 is 10.0 Å². The van der Waals surface area contributed by atoms with E-state index in [9.17, 15) is 26.7 Å². The molecule has 1 aromatic carbocycles. The second-order valence-corrected chi connectivity index (χ2v) is 6.88. The standard InChI is InChI=1S/C15H11F3N2O5S/c16-15(17,18)13-7-11(20-25-13)12-5-6-14(24-12)26(22,23)19-8-9-1-3-10(21)4-2-9/h1-7,19,21H,8H2. The lowest BCUT2D eigenvalue weighted by Gasteiger charge is -2.04. The minimum absolute atomic E-state index is 0.0399. The summed E-state index contributed by atoms with van der Waals surface area (Å²) < 4.78 is 73.5. The first-order chi connectivity index (χ1) is 12.1. The molecular weight excluding hydrogens is 377 g/mol. The number of alkyl halides is 3. The highest BCUT2D eigenvalue weighted by molar-refractivity contribution is 7.89. The molecule has 2 N–H and O–H groups in total. The van der Waals surface area contributed by atoms with Gasteiger partial charge in [-0.15, -0.1) is 0 Å².